The van der Waals surface area contributed by atoms with Crippen LogP contribution < -0.4 is 16.0 Å². The first-order valence-electron chi connectivity index (χ1n) is 7.93. The second kappa shape index (κ2) is 7.89. The summed E-state index contributed by atoms with van der Waals surface area (Å²) >= 11 is 0. The van der Waals surface area contributed by atoms with Crippen molar-refractivity contribution in [2.75, 3.05) is 16.0 Å². The Labute approximate surface area is 150 Å². The predicted octanol–water partition coefficient (Wildman–Crippen LogP) is 3.68. The highest BCUT2D eigenvalue weighted by molar-refractivity contribution is 6.04. The van der Waals surface area contributed by atoms with Crippen LogP contribution in [0, 0.1) is 6.92 Å². The minimum atomic E-state index is -0.388. The Hall–Kier alpha value is -3.74. The molecule has 0 fully saturated rings. The molecule has 0 bridgehead atoms. The molecule has 26 heavy (non-hydrogen) atoms. The molecule has 3 amide bonds. The lowest BCUT2D eigenvalue weighted by atomic mass is 10.2. The zero-order valence-electron chi connectivity index (χ0n) is 14.1. The van der Waals surface area contributed by atoms with Gasteiger partial charge in [0.2, 0.25) is 0 Å². The van der Waals surface area contributed by atoms with Gasteiger partial charge in [0.25, 0.3) is 5.91 Å². The van der Waals surface area contributed by atoms with E-state index in [1.165, 1.54) is 6.20 Å². The number of urea groups is 1. The van der Waals surface area contributed by atoms with E-state index in [0.717, 1.165) is 5.56 Å². The summed E-state index contributed by atoms with van der Waals surface area (Å²) in [6, 6.07) is 13.7. The van der Waals surface area contributed by atoms with Crippen molar-refractivity contribution in [2.24, 2.45) is 0 Å². The number of nitrogens with zero attached hydrogens (tertiary/aromatic N) is 2. The Balaban J connectivity index is 1.60. The molecule has 0 aliphatic rings. The zero-order valence-corrected chi connectivity index (χ0v) is 14.1. The monoisotopic (exact) mass is 347 g/mol. The molecule has 3 rings (SSSR count). The van der Waals surface area contributed by atoms with E-state index in [4.69, 9.17) is 0 Å². The van der Waals surface area contributed by atoms with E-state index < -0.39 is 0 Å². The van der Waals surface area contributed by atoms with Crippen molar-refractivity contribution >= 4 is 29.0 Å². The topological polar surface area (TPSA) is 96.0 Å². The van der Waals surface area contributed by atoms with E-state index in [0.29, 0.717) is 17.1 Å². The molecule has 2 heterocycles. The van der Waals surface area contributed by atoms with Crippen molar-refractivity contribution in [2.45, 2.75) is 6.92 Å². The molecule has 0 aliphatic heterocycles. The van der Waals surface area contributed by atoms with Gasteiger partial charge in [-0.3, -0.25) is 9.78 Å². The number of carbonyl (C=O) groups is 2. The highest BCUT2D eigenvalue weighted by Gasteiger charge is 2.10. The Morgan fingerprint density at radius 1 is 0.846 bits per heavy atom. The first-order valence-corrected chi connectivity index (χ1v) is 7.93. The number of hydrogen-bond donors (Lipinski definition) is 3. The molecule has 0 aliphatic carbocycles. The van der Waals surface area contributed by atoms with Gasteiger partial charge in [-0.25, -0.2) is 9.78 Å². The minimum absolute atomic E-state index is 0.238. The fraction of sp³-hybridized carbons (Fsp3) is 0.0526. The second-order valence-corrected chi connectivity index (χ2v) is 5.52. The summed E-state index contributed by atoms with van der Waals surface area (Å²) in [5, 5.41) is 8.12. The number of carbonyl (C=O) groups excluding carboxylic acids is 2. The molecule has 2 aromatic heterocycles. The van der Waals surface area contributed by atoms with E-state index in [9.17, 15) is 9.59 Å². The molecule has 0 radical (unpaired) electrons. The van der Waals surface area contributed by atoms with Gasteiger partial charge in [-0.2, -0.15) is 0 Å². The largest absolute Gasteiger partial charge is 0.323 e. The van der Waals surface area contributed by atoms with Gasteiger partial charge in [-0.15, -0.1) is 0 Å². The van der Waals surface area contributed by atoms with Crippen molar-refractivity contribution in [3.05, 3.63) is 78.4 Å². The number of aryl methyl sites for hydroxylation is 1. The number of rotatable bonds is 4. The van der Waals surface area contributed by atoms with E-state index >= 15 is 0 Å². The zero-order chi connectivity index (χ0) is 18.4. The third-order valence-corrected chi connectivity index (χ3v) is 3.57. The van der Waals surface area contributed by atoms with Gasteiger partial charge in [0.05, 0.1) is 23.8 Å². The van der Waals surface area contributed by atoms with Gasteiger partial charge >= 0.3 is 6.03 Å². The summed E-state index contributed by atoms with van der Waals surface area (Å²) in [4.78, 5) is 32.3. The molecule has 7 nitrogen and oxygen atoms in total. The summed E-state index contributed by atoms with van der Waals surface area (Å²) in [6.45, 7) is 1.88. The molecule has 7 heteroatoms. The van der Waals surface area contributed by atoms with Crippen molar-refractivity contribution in [3.8, 4) is 0 Å². The highest BCUT2D eigenvalue weighted by Crippen LogP contribution is 2.14. The molecule has 0 atom stereocenters. The quantitative estimate of drug-likeness (QED) is 0.671. The first-order chi connectivity index (χ1) is 12.6. The number of amides is 3. The molecule has 3 aromatic rings. The fourth-order valence-electron chi connectivity index (χ4n) is 2.20. The molecular formula is C19H17N5O2. The van der Waals surface area contributed by atoms with Crippen LogP contribution in [0.3, 0.4) is 0 Å². The SMILES string of the molecule is Cc1ccncc1NC(=O)c1ccc(NC(=O)Nc2ccccc2)cn1. The van der Waals surface area contributed by atoms with Crippen molar-refractivity contribution < 1.29 is 9.59 Å². The van der Waals surface area contributed by atoms with Crippen LogP contribution in [0.1, 0.15) is 16.1 Å². The minimum Gasteiger partial charge on any atom is -0.319 e. The van der Waals surface area contributed by atoms with E-state index in [1.54, 1.807) is 42.7 Å². The third kappa shape index (κ3) is 4.41. The number of aromatic nitrogens is 2. The van der Waals surface area contributed by atoms with E-state index in [1.807, 2.05) is 25.1 Å². The Bertz CT molecular complexity index is 911. The average molecular weight is 347 g/mol. The summed E-state index contributed by atoms with van der Waals surface area (Å²) < 4.78 is 0. The van der Waals surface area contributed by atoms with Gasteiger partial charge < -0.3 is 16.0 Å². The summed E-state index contributed by atoms with van der Waals surface area (Å²) in [7, 11) is 0. The summed E-state index contributed by atoms with van der Waals surface area (Å²) in [5.74, 6) is -0.346. The summed E-state index contributed by atoms with van der Waals surface area (Å²) in [6.07, 6.45) is 4.66. The lowest BCUT2D eigenvalue weighted by Crippen LogP contribution is -2.20. The molecule has 130 valence electrons. The van der Waals surface area contributed by atoms with Crippen LogP contribution in [0.4, 0.5) is 21.9 Å². The molecule has 1 aromatic carbocycles. The van der Waals surface area contributed by atoms with Crippen LogP contribution in [0.25, 0.3) is 0 Å². The van der Waals surface area contributed by atoms with Crippen LogP contribution in [-0.2, 0) is 0 Å². The fourth-order valence-corrected chi connectivity index (χ4v) is 2.20. The maximum Gasteiger partial charge on any atom is 0.323 e. The van der Waals surface area contributed by atoms with Gasteiger partial charge in [0, 0.05) is 11.9 Å². The van der Waals surface area contributed by atoms with Crippen molar-refractivity contribution in [1.29, 1.82) is 0 Å². The molecule has 0 unspecified atom stereocenters. The second-order valence-electron chi connectivity index (χ2n) is 5.52. The number of benzene rings is 1. The Morgan fingerprint density at radius 3 is 2.31 bits per heavy atom. The van der Waals surface area contributed by atoms with Crippen molar-refractivity contribution in [1.82, 2.24) is 9.97 Å². The average Bonchev–Trinajstić information content (AvgIpc) is 2.65. The number of anilines is 3. The first kappa shape index (κ1) is 17.1. The highest BCUT2D eigenvalue weighted by atomic mass is 16.2. The number of para-hydroxylation sites is 1. The molecule has 0 saturated heterocycles. The lowest BCUT2D eigenvalue weighted by Gasteiger charge is -2.09. The maximum absolute atomic E-state index is 12.2. The Morgan fingerprint density at radius 2 is 1.62 bits per heavy atom. The Kier molecular flexibility index (Phi) is 5.19. The van der Waals surface area contributed by atoms with Crippen LogP contribution in [0.15, 0.2) is 67.1 Å². The molecular weight excluding hydrogens is 330 g/mol. The van der Waals surface area contributed by atoms with Gasteiger partial charge in [-0.1, -0.05) is 18.2 Å². The van der Waals surface area contributed by atoms with Crippen LogP contribution in [0.5, 0.6) is 0 Å². The molecule has 0 spiro atoms. The normalized spacial score (nSPS) is 10.0. The van der Waals surface area contributed by atoms with Crippen LogP contribution in [-0.4, -0.2) is 21.9 Å². The van der Waals surface area contributed by atoms with Crippen LogP contribution in [0.2, 0.25) is 0 Å². The van der Waals surface area contributed by atoms with Gasteiger partial charge in [0.15, 0.2) is 0 Å². The smallest absolute Gasteiger partial charge is 0.319 e. The molecule has 3 N–H and O–H groups in total. The summed E-state index contributed by atoms with van der Waals surface area (Å²) in [5.41, 5.74) is 2.93. The molecule has 0 saturated carbocycles. The van der Waals surface area contributed by atoms with Gasteiger partial charge in [-0.05, 0) is 42.8 Å². The van der Waals surface area contributed by atoms with E-state index in [2.05, 4.69) is 25.9 Å². The number of hydrogen-bond acceptors (Lipinski definition) is 4. The van der Waals surface area contributed by atoms with Crippen molar-refractivity contribution in [3.63, 3.8) is 0 Å². The lowest BCUT2D eigenvalue weighted by molar-refractivity contribution is 0.102. The predicted molar refractivity (Wildman–Crippen MR) is 100 cm³/mol. The van der Waals surface area contributed by atoms with Crippen LogP contribution >= 0.6 is 0 Å². The third-order valence-electron chi connectivity index (χ3n) is 3.57. The maximum atomic E-state index is 12.2. The number of nitrogens with one attached hydrogen (secondary N) is 3. The number of pyridine rings is 2. The van der Waals surface area contributed by atoms with Gasteiger partial charge in [0.1, 0.15) is 5.69 Å². The standard InChI is InChI=1S/C19H17N5O2/c1-13-9-10-20-12-17(13)24-18(25)16-8-7-15(11-21-16)23-19(26)22-14-5-3-2-4-6-14/h2-12H,1H3,(H,24,25)(H2,22,23,26). The van der Waals surface area contributed by atoms with E-state index in [-0.39, 0.29) is 17.6 Å².